The van der Waals surface area contributed by atoms with Crippen LogP contribution in [0.1, 0.15) is 38.2 Å². The number of nitrogens with two attached hydrogens (primary N) is 1. The van der Waals surface area contributed by atoms with Gasteiger partial charge in [-0.05, 0) is 25.2 Å². The van der Waals surface area contributed by atoms with Gasteiger partial charge in [0.1, 0.15) is 12.3 Å². The lowest BCUT2D eigenvalue weighted by Gasteiger charge is -2.29. The molecule has 1 aliphatic rings. The largest absolute Gasteiger partial charge is 0.474 e. The second-order valence-corrected chi connectivity index (χ2v) is 5.21. The molecule has 8 heteroatoms. The highest BCUT2D eigenvalue weighted by Crippen LogP contribution is 2.29. The van der Waals surface area contributed by atoms with E-state index in [2.05, 4.69) is 17.1 Å². The van der Waals surface area contributed by atoms with Crippen LogP contribution in [0, 0.1) is 16.0 Å². The van der Waals surface area contributed by atoms with Gasteiger partial charge >= 0.3 is 0 Å². The molecule has 21 heavy (non-hydrogen) atoms. The normalized spacial score (nSPS) is 22.8. The fourth-order valence-electron chi connectivity index (χ4n) is 2.47. The Bertz CT molecular complexity index is 561. The first-order chi connectivity index (χ1) is 10.0. The van der Waals surface area contributed by atoms with Crippen LogP contribution in [0.4, 0.5) is 5.69 Å². The average molecular weight is 294 g/mol. The molecule has 1 heterocycles. The Morgan fingerprint density at radius 3 is 2.90 bits per heavy atom. The first-order valence-corrected chi connectivity index (χ1v) is 6.82. The van der Waals surface area contributed by atoms with E-state index in [1.54, 1.807) is 0 Å². The number of aromatic nitrogens is 1. The first kappa shape index (κ1) is 15.0. The molecule has 0 aliphatic heterocycles. The molecule has 1 saturated carbocycles. The summed E-state index contributed by atoms with van der Waals surface area (Å²) < 4.78 is 5.85. The number of hydrogen-bond acceptors (Lipinski definition) is 6. The standard InChI is InChI=1S/C13H18N4O4/c1-8-4-2-3-5-11(8)21-13-10(12(14)16-18)6-9(7-15-13)17(19)20/h6-8,11,18H,2-5H2,1H3,(H2,14,16). The van der Waals surface area contributed by atoms with Crippen LogP contribution in [0.2, 0.25) is 0 Å². The molecule has 2 rings (SSSR count). The van der Waals surface area contributed by atoms with Crippen molar-refractivity contribution in [2.75, 3.05) is 0 Å². The Morgan fingerprint density at radius 1 is 1.57 bits per heavy atom. The fourth-order valence-corrected chi connectivity index (χ4v) is 2.47. The molecular weight excluding hydrogens is 276 g/mol. The zero-order valence-corrected chi connectivity index (χ0v) is 11.7. The van der Waals surface area contributed by atoms with Crippen molar-refractivity contribution in [2.24, 2.45) is 16.8 Å². The molecule has 0 amide bonds. The number of oxime groups is 1. The van der Waals surface area contributed by atoms with Gasteiger partial charge in [0.25, 0.3) is 5.69 Å². The van der Waals surface area contributed by atoms with Crippen LogP contribution in [0.5, 0.6) is 5.88 Å². The van der Waals surface area contributed by atoms with Gasteiger partial charge in [0.05, 0.1) is 10.5 Å². The Morgan fingerprint density at radius 2 is 2.29 bits per heavy atom. The van der Waals surface area contributed by atoms with Crippen LogP contribution in [-0.4, -0.2) is 27.1 Å². The van der Waals surface area contributed by atoms with E-state index in [4.69, 9.17) is 15.7 Å². The molecule has 1 aromatic heterocycles. The predicted octanol–water partition coefficient (Wildman–Crippen LogP) is 2.04. The van der Waals surface area contributed by atoms with E-state index in [0.717, 1.165) is 25.5 Å². The zero-order valence-electron chi connectivity index (χ0n) is 11.7. The second-order valence-electron chi connectivity index (χ2n) is 5.21. The monoisotopic (exact) mass is 294 g/mol. The van der Waals surface area contributed by atoms with E-state index >= 15 is 0 Å². The third-order valence-electron chi connectivity index (χ3n) is 3.73. The summed E-state index contributed by atoms with van der Waals surface area (Å²) in [6.07, 6.45) is 5.30. The summed E-state index contributed by atoms with van der Waals surface area (Å²) in [5.41, 5.74) is 5.45. The molecule has 1 aliphatic carbocycles. The molecule has 8 nitrogen and oxygen atoms in total. The fraction of sp³-hybridized carbons (Fsp3) is 0.538. The molecule has 0 radical (unpaired) electrons. The van der Waals surface area contributed by atoms with Crippen molar-refractivity contribution in [3.63, 3.8) is 0 Å². The quantitative estimate of drug-likeness (QED) is 0.288. The van der Waals surface area contributed by atoms with Crippen molar-refractivity contribution in [3.8, 4) is 5.88 Å². The van der Waals surface area contributed by atoms with Crippen LogP contribution < -0.4 is 10.5 Å². The molecular formula is C13H18N4O4. The van der Waals surface area contributed by atoms with Crippen LogP contribution >= 0.6 is 0 Å². The minimum absolute atomic E-state index is 0.0158. The molecule has 1 fully saturated rings. The van der Waals surface area contributed by atoms with Gasteiger partial charge in [0.15, 0.2) is 5.84 Å². The van der Waals surface area contributed by atoms with Crippen molar-refractivity contribution in [3.05, 3.63) is 27.9 Å². The minimum atomic E-state index is -0.589. The van der Waals surface area contributed by atoms with Gasteiger partial charge in [-0.1, -0.05) is 18.5 Å². The van der Waals surface area contributed by atoms with E-state index in [1.807, 2.05) is 0 Å². The lowest BCUT2D eigenvalue weighted by molar-refractivity contribution is -0.385. The molecule has 0 saturated heterocycles. The maximum absolute atomic E-state index is 10.8. The molecule has 1 aromatic rings. The predicted molar refractivity (Wildman–Crippen MR) is 75.5 cm³/mol. The van der Waals surface area contributed by atoms with E-state index in [9.17, 15) is 10.1 Å². The lowest BCUT2D eigenvalue weighted by Crippen LogP contribution is -2.29. The van der Waals surface area contributed by atoms with E-state index in [1.165, 1.54) is 12.5 Å². The summed E-state index contributed by atoms with van der Waals surface area (Å²) in [6, 6.07) is 1.20. The summed E-state index contributed by atoms with van der Waals surface area (Å²) >= 11 is 0. The van der Waals surface area contributed by atoms with E-state index in [0.29, 0.717) is 5.92 Å². The van der Waals surface area contributed by atoms with Gasteiger partial charge < -0.3 is 15.7 Å². The van der Waals surface area contributed by atoms with Gasteiger partial charge in [-0.2, -0.15) is 0 Å². The van der Waals surface area contributed by atoms with Crippen LogP contribution in [-0.2, 0) is 0 Å². The smallest absolute Gasteiger partial charge is 0.288 e. The van der Waals surface area contributed by atoms with Gasteiger partial charge in [-0.25, -0.2) is 4.98 Å². The summed E-state index contributed by atoms with van der Waals surface area (Å²) in [6.45, 7) is 2.10. The zero-order chi connectivity index (χ0) is 15.4. The molecule has 114 valence electrons. The number of nitrogens with zero attached hydrogens (tertiary/aromatic N) is 3. The summed E-state index contributed by atoms with van der Waals surface area (Å²) in [5, 5.41) is 22.5. The molecule has 0 bridgehead atoms. The van der Waals surface area contributed by atoms with Crippen molar-refractivity contribution >= 4 is 11.5 Å². The van der Waals surface area contributed by atoms with Gasteiger partial charge in [0, 0.05) is 6.07 Å². The highest BCUT2D eigenvalue weighted by Gasteiger charge is 2.26. The van der Waals surface area contributed by atoms with Crippen LogP contribution in [0.25, 0.3) is 0 Å². The summed E-state index contributed by atoms with van der Waals surface area (Å²) in [7, 11) is 0. The number of rotatable bonds is 4. The van der Waals surface area contributed by atoms with Gasteiger partial charge in [0.2, 0.25) is 5.88 Å². The van der Waals surface area contributed by atoms with Gasteiger partial charge in [-0.3, -0.25) is 10.1 Å². The number of pyridine rings is 1. The Hall–Kier alpha value is -2.38. The van der Waals surface area contributed by atoms with Crippen LogP contribution in [0.3, 0.4) is 0 Å². The van der Waals surface area contributed by atoms with Crippen molar-refractivity contribution in [2.45, 2.75) is 38.7 Å². The minimum Gasteiger partial charge on any atom is -0.474 e. The molecule has 3 N–H and O–H groups in total. The topological polar surface area (TPSA) is 124 Å². The van der Waals surface area contributed by atoms with E-state index < -0.39 is 4.92 Å². The maximum atomic E-state index is 10.8. The first-order valence-electron chi connectivity index (χ1n) is 6.82. The third kappa shape index (κ3) is 3.39. The number of hydrogen-bond donors (Lipinski definition) is 2. The highest BCUT2D eigenvalue weighted by molar-refractivity contribution is 5.99. The molecule has 2 atom stereocenters. The SMILES string of the molecule is CC1CCCCC1Oc1ncc([N+](=O)[O-])cc1C(N)=NO. The van der Waals surface area contributed by atoms with Crippen molar-refractivity contribution in [1.29, 1.82) is 0 Å². The molecule has 0 spiro atoms. The summed E-state index contributed by atoms with van der Waals surface area (Å²) in [5.74, 6) is 0.273. The Labute approximate surface area is 121 Å². The van der Waals surface area contributed by atoms with Gasteiger partial charge in [-0.15, -0.1) is 0 Å². The maximum Gasteiger partial charge on any atom is 0.288 e. The average Bonchev–Trinajstić information content (AvgIpc) is 2.49. The second kappa shape index (κ2) is 6.38. The van der Waals surface area contributed by atoms with E-state index in [-0.39, 0.29) is 29.1 Å². The Kier molecular flexibility index (Phi) is 4.56. The lowest BCUT2D eigenvalue weighted by atomic mass is 9.88. The Balaban J connectivity index is 2.31. The van der Waals surface area contributed by atoms with Crippen molar-refractivity contribution in [1.82, 2.24) is 4.98 Å². The number of ether oxygens (including phenoxy) is 1. The van der Waals surface area contributed by atoms with Crippen LogP contribution in [0.15, 0.2) is 17.4 Å². The van der Waals surface area contributed by atoms with Crippen molar-refractivity contribution < 1.29 is 14.9 Å². The number of nitro groups is 1. The summed E-state index contributed by atoms with van der Waals surface area (Å²) in [4.78, 5) is 14.2. The molecule has 0 aromatic carbocycles. The molecule has 2 unspecified atom stereocenters. The third-order valence-corrected chi connectivity index (χ3v) is 3.73. The highest BCUT2D eigenvalue weighted by atomic mass is 16.6. The number of amidine groups is 1.